The van der Waals surface area contributed by atoms with Crippen LogP contribution in [0, 0.1) is 0 Å². The first-order valence-electron chi connectivity index (χ1n) is 8.00. The van der Waals surface area contributed by atoms with Crippen molar-refractivity contribution in [3.63, 3.8) is 0 Å². The Kier molecular flexibility index (Phi) is 8.82. The van der Waals surface area contributed by atoms with Gasteiger partial charge in [-0.1, -0.05) is 13.8 Å². The third kappa shape index (κ3) is 6.20. The molecule has 1 amide bonds. The minimum atomic E-state index is -0.0401. The van der Waals surface area contributed by atoms with E-state index in [0.29, 0.717) is 0 Å². The summed E-state index contributed by atoms with van der Waals surface area (Å²) in [5.41, 5.74) is 0. The van der Waals surface area contributed by atoms with E-state index in [1.54, 1.807) is 0 Å². The van der Waals surface area contributed by atoms with Crippen molar-refractivity contribution in [1.29, 1.82) is 0 Å². The number of ether oxygens (including phenoxy) is 1. The molecule has 1 unspecified atom stereocenters. The molecule has 0 spiro atoms. The van der Waals surface area contributed by atoms with E-state index >= 15 is 0 Å². The zero-order chi connectivity index (χ0) is 14.8. The van der Waals surface area contributed by atoms with Crippen molar-refractivity contribution in [3.8, 4) is 0 Å². The second-order valence-corrected chi connectivity index (χ2v) is 5.35. The number of hydrogen-bond donors (Lipinski definition) is 1. The van der Waals surface area contributed by atoms with Crippen LogP contribution in [0.4, 0.5) is 0 Å². The van der Waals surface area contributed by atoms with Gasteiger partial charge in [0.15, 0.2) is 0 Å². The molecule has 1 N–H and O–H groups in total. The Morgan fingerprint density at radius 3 is 2.50 bits per heavy atom. The van der Waals surface area contributed by atoms with Crippen molar-refractivity contribution in [2.45, 2.75) is 39.7 Å². The largest absolute Gasteiger partial charge is 0.379 e. The van der Waals surface area contributed by atoms with Gasteiger partial charge in [-0.2, -0.15) is 0 Å². The zero-order valence-corrected chi connectivity index (χ0v) is 13.4. The van der Waals surface area contributed by atoms with Gasteiger partial charge in [-0.15, -0.1) is 0 Å². The number of unbranched alkanes of at least 4 members (excludes halogenated alkanes) is 1. The third-order valence-electron chi connectivity index (χ3n) is 4.07. The fraction of sp³-hybridized carbons (Fsp3) is 0.933. The number of rotatable bonds is 9. The van der Waals surface area contributed by atoms with E-state index in [0.717, 1.165) is 65.3 Å². The SMILES string of the molecule is CCN(CC)CCCCNC(=O)C(C)N1CCOCC1. The molecule has 0 aromatic rings. The summed E-state index contributed by atoms with van der Waals surface area (Å²) in [7, 11) is 0. The Bertz CT molecular complexity index is 264. The molecule has 20 heavy (non-hydrogen) atoms. The van der Waals surface area contributed by atoms with Crippen molar-refractivity contribution in [3.05, 3.63) is 0 Å². The van der Waals surface area contributed by atoms with Gasteiger partial charge >= 0.3 is 0 Å². The summed E-state index contributed by atoms with van der Waals surface area (Å²) in [6.07, 6.45) is 2.20. The van der Waals surface area contributed by atoms with Gasteiger partial charge in [-0.3, -0.25) is 9.69 Å². The van der Waals surface area contributed by atoms with E-state index in [4.69, 9.17) is 4.74 Å². The molecule has 1 aliphatic heterocycles. The molecular weight excluding hydrogens is 254 g/mol. The van der Waals surface area contributed by atoms with Crippen molar-refractivity contribution in [2.24, 2.45) is 0 Å². The maximum atomic E-state index is 12.0. The zero-order valence-electron chi connectivity index (χ0n) is 13.4. The van der Waals surface area contributed by atoms with Crippen LogP contribution in [0.15, 0.2) is 0 Å². The molecule has 0 aromatic heterocycles. The van der Waals surface area contributed by atoms with Crippen molar-refractivity contribution < 1.29 is 9.53 Å². The number of nitrogens with one attached hydrogen (secondary N) is 1. The minimum Gasteiger partial charge on any atom is -0.379 e. The van der Waals surface area contributed by atoms with Gasteiger partial charge in [0.05, 0.1) is 19.3 Å². The van der Waals surface area contributed by atoms with Crippen LogP contribution in [-0.2, 0) is 9.53 Å². The van der Waals surface area contributed by atoms with Crippen LogP contribution >= 0.6 is 0 Å². The Hall–Kier alpha value is -0.650. The highest BCUT2D eigenvalue weighted by molar-refractivity contribution is 5.81. The van der Waals surface area contributed by atoms with Gasteiger partial charge in [0.2, 0.25) is 5.91 Å². The van der Waals surface area contributed by atoms with Crippen LogP contribution < -0.4 is 5.32 Å². The van der Waals surface area contributed by atoms with E-state index in [1.165, 1.54) is 0 Å². The average Bonchev–Trinajstić information content (AvgIpc) is 2.50. The Labute approximate surface area is 123 Å². The van der Waals surface area contributed by atoms with Crippen LogP contribution in [0.2, 0.25) is 0 Å². The lowest BCUT2D eigenvalue weighted by Crippen LogP contribution is -2.49. The molecule has 1 heterocycles. The molecule has 0 radical (unpaired) electrons. The van der Waals surface area contributed by atoms with Gasteiger partial charge in [0, 0.05) is 19.6 Å². The van der Waals surface area contributed by atoms with E-state index in [2.05, 4.69) is 29.0 Å². The third-order valence-corrected chi connectivity index (χ3v) is 4.07. The summed E-state index contributed by atoms with van der Waals surface area (Å²) in [6.45, 7) is 13.7. The number of carbonyl (C=O) groups excluding carboxylic acids is 1. The van der Waals surface area contributed by atoms with Crippen LogP contribution in [0.3, 0.4) is 0 Å². The van der Waals surface area contributed by atoms with Crippen LogP contribution in [0.5, 0.6) is 0 Å². The second kappa shape index (κ2) is 10.1. The van der Waals surface area contributed by atoms with E-state index < -0.39 is 0 Å². The summed E-state index contributed by atoms with van der Waals surface area (Å²) in [6, 6.07) is -0.0401. The molecule has 0 aromatic carbocycles. The molecule has 1 fully saturated rings. The van der Waals surface area contributed by atoms with Gasteiger partial charge in [-0.25, -0.2) is 0 Å². The lowest BCUT2D eigenvalue weighted by molar-refractivity contribution is -0.127. The first-order chi connectivity index (χ1) is 9.69. The van der Waals surface area contributed by atoms with Gasteiger partial charge in [0.1, 0.15) is 0 Å². The fourth-order valence-corrected chi connectivity index (χ4v) is 2.49. The topological polar surface area (TPSA) is 44.8 Å². The second-order valence-electron chi connectivity index (χ2n) is 5.35. The maximum absolute atomic E-state index is 12.0. The van der Waals surface area contributed by atoms with Crippen molar-refractivity contribution in [2.75, 3.05) is 52.5 Å². The van der Waals surface area contributed by atoms with E-state index in [9.17, 15) is 4.79 Å². The quantitative estimate of drug-likeness (QED) is 0.641. The molecule has 5 heteroatoms. The monoisotopic (exact) mass is 285 g/mol. The van der Waals surface area contributed by atoms with Gasteiger partial charge < -0.3 is 15.0 Å². The summed E-state index contributed by atoms with van der Waals surface area (Å²) < 4.78 is 5.31. The smallest absolute Gasteiger partial charge is 0.237 e. The van der Waals surface area contributed by atoms with Crippen LogP contribution in [0.25, 0.3) is 0 Å². The predicted octanol–water partition coefficient (Wildman–Crippen LogP) is 0.945. The first-order valence-corrected chi connectivity index (χ1v) is 8.00. The van der Waals surface area contributed by atoms with E-state index in [-0.39, 0.29) is 11.9 Å². The number of nitrogens with zero attached hydrogens (tertiary/aromatic N) is 2. The molecule has 1 saturated heterocycles. The van der Waals surface area contributed by atoms with E-state index in [1.807, 2.05) is 6.92 Å². The Balaban J connectivity index is 2.09. The summed E-state index contributed by atoms with van der Waals surface area (Å²) in [5.74, 6) is 0.148. The van der Waals surface area contributed by atoms with Crippen molar-refractivity contribution in [1.82, 2.24) is 15.1 Å². The van der Waals surface area contributed by atoms with Crippen LogP contribution in [0.1, 0.15) is 33.6 Å². The summed E-state index contributed by atoms with van der Waals surface area (Å²) in [4.78, 5) is 16.7. The lowest BCUT2D eigenvalue weighted by Gasteiger charge is -2.31. The normalized spacial score (nSPS) is 18.2. The molecular formula is C15H31N3O2. The minimum absolute atomic E-state index is 0.0401. The number of amides is 1. The molecule has 1 atom stereocenters. The highest BCUT2D eigenvalue weighted by atomic mass is 16.5. The molecule has 0 aliphatic carbocycles. The molecule has 5 nitrogen and oxygen atoms in total. The Morgan fingerprint density at radius 2 is 1.90 bits per heavy atom. The highest BCUT2D eigenvalue weighted by Gasteiger charge is 2.22. The first kappa shape index (κ1) is 17.4. The number of morpholine rings is 1. The number of carbonyl (C=O) groups is 1. The molecule has 0 saturated carbocycles. The lowest BCUT2D eigenvalue weighted by atomic mass is 10.2. The standard InChI is InChI=1S/C15H31N3O2/c1-4-17(5-2)9-7-6-8-16-15(19)14(3)18-10-12-20-13-11-18/h14H,4-13H2,1-3H3,(H,16,19). The Morgan fingerprint density at radius 1 is 1.25 bits per heavy atom. The highest BCUT2D eigenvalue weighted by Crippen LogP contribution is 2.03. The van der Waals surface area contributed by atoms with Crippen molar-refractivity contribution >= 4 is 5.91 Å². The predicted molar refractivity (Wildman–Crippen MR) is 81.9 cm³/mol. The fourth-order valence-electron chi connectivity index (χ4n) is 2.49. The molecule has 1 rings (SSSR count). The average molecular weight is 285 g/mol. The molecule has 118 valence electrons. The molecule has 0 bridgehead atoms. The van der Waals surface area contributed by atoms with Gasteiger partial charge in [-0.05, 0) is 39.4 Å². The summed E-state index contributed by atoms with van der Waals surface area (Å²) >= 11 is 0. The maximum Gasteiger partial charge on any atom is 0.237 e. The molecule has 1 aliphatic rings. The summed E-state index contributed by atoms with van der Waals surface area (Å²) in [5, 5.41) is 3.05. The van der Waals surface area contributed by atoms with Crippen LogP contribution in [-0.4, -0.2) is 74.2 Å². The van der Waals surface area contributed by atoms with Gasteiger partial charge in [0.25, 0.3) is 0 Å². The number of hydrogen-bond acceptors (Lipinski definition) is 4.